The standard InChI is InChI=1S/C22H30N4O2/c1-2-20(27)23-9-13-25-10-6-16(7-11-25)15-26-12-8-17-14-24-22(28)18-4-3-5-19(26)21(17)18/h3-5,14,16H,2,6-13,15H2,1H3,(H,23,27)(H,24,28). The molecule has 1 fully saturated rings. The van der Waals surface area contributed by atoms with E-state index in [4.69, 9.17) is 0 Å². The third-order valence-electron chi connectivity index (χ3n) is 6.23. The number of aromatic amines is 1. The average molecular weight is 383 g/mol. The number of nitrogens with one attached hydrogen (secondary N) is 2. The first kappa shape index (κ1) is 19.0. The van der Waals surface area contributed by atoms with Crippen molar-refractivity contribution in [3.8, 4) is 0 Å². The van der Waals surface area contributed by atoms with Gasteiger partial charge in [0.2, 0.25) is 5.91 Å². The molecule has 4 rings (SSSR count). The molecule has 6 nitrogen and oxygen atoms in total. The Labute approximate surface area is 165 Å². The average Bonchev–Trinajstić information content (AvgIpc) is 2.73. The van der Waals surface area contributed by atoms with Crippen LogP contribution in [-0.4, -0.2) is 55.1 Å². The first-order chi connectivity index (χ1) is 13.7. The number of amides is 1. The van der Waals surface area contributed by atoms with Crippen LogP contribution in [-0.2, 0) is 11.2 Å². The summed E-state index contributed by atoms with van der Waals surface area (Å²) >= 11 is 0. The fourth-order valence-corrected chi connectivity index (χ4v) is 4.58. The van der Waals surface area contributed by atoms with E-state index in [0.29, 0.717) is 12.3 Å². The minimum atomic E-state index is 0.00548. The molecule has 0 radical (unpaired) electrons. The van der Waals surface area contributed by atoms with E-state index < -0.39 is 0 Å². The van der Waals surface area contributed by atoms with Crippen LogP contribution in [0.3, 0.4) is 0 Å². The summed E-state index contributed by atoms with van der Waals surface area (Å²) < 4.78 is 0. The number of likely N-dealkylation sites (tertiary alicyclic amines) is 1. The fourth-order valence-electron chi connectivity index (χ4n) is 4.58. The first-order valence-corrected chi connectivity index (χ1v) is 10.5. The van der Waals surface area contributed by atoms with Crippen LogP contribution in [0, 0.1) is 5.92 Å². The highest BCUT2D eigenvalue weighted by molar-refractivity contribution is 5.97. The molecule has 28 heavy (non-hydrogen) atoms. The number of carbonyl (C=O) groups excluding carboxylic acids is 1. The number of pyridine rings is 1. The zero-order chi connectivity index (χ0) is 19.5. The van der Waals surface area contributed by atoms with Crippen molar-refractivity contribution < 1.29 is 4.79 Å². The van der Waals surface area contributed by atoms with Gasteiger partial charge in [-0.1, -0.05) is 13.0 Å². The number of H-pyrrole nitrogens is 1. The normalized spacial score (nSPS) is 17.8. The number of hydrogen-bond acceptors (Lipinski definition) is 4. The molecule has 1 saturated heterocycles. The molecule has 0 spiro atoms. The van der Waals surface area contributed by atoms with Crippen molar-refractivity contribution in [3.63, 3.8) is 0 Å². The summed E-state index contributed by atoms with van der Waals surface area (Å²) in [5.41, 5.74) is 2.48. The summed E-state index contributed by atoms with van der Waals surface area (Å²) in [6.07, 6.45) is 5.81. The quantitative estimate of drug-likeness (QED) is 0.803. The maximum absolute atomic E-state index is 12.2. The van der Waals surface area contributed by atoms with Gasteiger partial charge in [-0.2, -0.15) is 0 Å². The maximum atomic E-state index is 12.2. The van der Waals surface area contributed by atoms with Crippen molar-refractivity contribution in [2.75, 3.05) is 44.2 Å². The molecule has 3 heterocycles. The lowest BCUT2D eigenvalue weighted by molar-refractivity contribution is -0.120. The first-order valence-electron chi connectivity index (χ1n) is 10.5. The van der Waals surface area contributed by atoms with Crippen molar-refractivity contribution in [2.45, 2.75) is 32.6 Å². The van der Waals surface area contributed by atoms with Crippen LogP contribution < -0.4 is 15.8 Å². The smallest absolute Gasteiger partial charge is 0.255 e. The summed E-state index contributed by atoms with van der Waals surface area (Å²) in [7, 11) is 0. The Balaban J connectivity index is 1.36. The third kappa shape index (κ3) is 3.92. The van der Waals surface area contributed by atoms with Crippen LogP contribution >= 0.6 is 0 Å². The Kier molecular flexibility index (Phi) is 5.67. The summed E-state index contributed by atoms with van der Waals surface area (Å²) in [5, 5.41) is 4.91. The lowest BCUT2D eigenvalue weighted by Crippen LogP contribution is -2.42. The Bertz CT molecular complexity index is 899. The molecule has 0 bridgehead atoms. The molecular formula is C22H30N4O2. The summed E-state index contributed by atoms with van der Waals surface area (Å²) in [6.45, 7) is 7.85. The number of carbonyl (C=O) groups is 1. The van der Waals surface area contributed by atoms with E-state index in [1.807, 2.05) is 25.3 Å². The minimum Gasteiger partial charge on any atom is -0.370 e. The molecule has 2 aliphatic heterocycles. The van der Waals surface area contributed by atoms with E-state index in [1.165, 1.54) is 24.1 Å². The molecule has 0 saturated carbocycles. The molecule has 1 amide bonds. The molecule has 2 N–H and O–H groups in total. The second-order valence-corrected chi connectivity index (χ2v) is 8.03. The minimum absolute atomic E-state index is 0.00548. The number of piperidine rings is 1. The lowest BCUT2D eigenvalue weighted by Gasteiger charge is -2.37. The molecule has 150 valence electrons. The number of aromatic nitrogens is 1. The SMILES string of the molecule is CCC(=O)NCCN1CCC(CN2CCc3c[nH]c(=O)c4cccc2c34)CC1. The van der Waals surface area contributed by atoms with Gasteiger partial charge in [-0.3, -0.25) is 9.59 Å². The zero-order valence-corrected chi connectivity index (χ0v) is 16.7. The number of hydrogen-bond donors (Lipinski definition) is 2. The van der Waals surface area contributed by atoms with E-state index in [1.54, 1.807) is 0 Å². The molecule has 0 aliphatic carbocycles. The predicted molar refractivity (Wildman–Crippen MR) is 113 cm³/mol. The molecule has 1 aromatic carbocycles. The van der Waals surface area contributed by atoms with E-state index >= 15 is 0 Å². The van der Waals surface area contributed by atoms with E-state index in [-0.39, 0.29) is 11.5 Å². The van der Waals surface area contributed by atoms with Gasteiger partial charge in [0.1, 0.15) is 0 Å². The number of benzene rings is 1. The highest BCUT2D eigenvalue weighted by Gasteiger charge is 2.25. The zero-order valence-electron chi connectivity index (χ0n) is 16.7. The largest absolute Gasteiger partial charge is 0.370 e. The highest BCUT2D eigenvalue weighted by Crippen LogP contribution is 2.33. The van der Waals surface area contributed by atoms with Crippen LogP contribution in [0.25, 0.3) is 10.8 Å². The van der Waals surface area contributed by atoms with E-state index in [0.717, 1.165) is 56.5 Å². The highest BCUT2D eigenvalue weighted by atomic mass is 16.1. The van der Waals surface area contributed by atoms with Crippen molar-refractivity contribution in [1.82, 2.24) is 15.2 Å². The van der Waals surface area contributed by atoms with Gasteiger partial charge in [-0.15, -0.1) is 0 Å². The predicted octanol–water partition coefficient (Wildman–Crippen LogP) is 2.13. The topological polar surface area (TPSA) is 68.4 Å². The van der Waals surface area contributed by atoms with Gasteiger partial charge >= 0.3 is 0 Å². The van der Waals surface area contributed by atoms with Crippen molar-refractivity contribution in [3.05, 3.63) is 40.3 Å². The Morgan fingerprint density at radius 1 is 1.25 bits per heavy atom. The molecule has 6 heteroatoms. The maximum Gasteiger partial charge on any atom is 0.255 e. The number of anilines is 1. The molecule has 2 aromatic rings. The summed E-state index contributed by atoms with van der Waals surface area (Å²) in [5.74, 6) is 0.813. The van der Waals surface area contributed by atoms with Gasteiger partial charge < -0.3 is 20.1 Å². The van der Waals surface area contributed by atoms with Gasteiger partial charge in [0.15, 0.2) is 0 Å². The molecule has 0 atom stereocenters. The van der Waals surface area contributed by atoms with Gasteiger partial charge in [-0.05, 0) is 56.0 Å². The summed E-state index contributed by atoms with van der Waals surface area (Å²) in [4.78, 5) is 31.4. The monoisotopic (exact) mass is 382 g/mol. The second kappa shape index (κ2) is 8.35. The van der Waals surface area contributed by atoms with Gasteiger partial charge in [-0.25, -0.2) is 0 Å². The van der Waals surface area contributed by atoms with Gasteiger partial charge in [0.05, 0.1) is 0 Å². The fraction of sp³-hybridized carbons (Fsp3) is 0.545. The van der Waals surface area contributed by atoms with Crippen LogP contribution in [0.2, 0.25) is 0 Å². The van der Waals surface area contributed by atoms with E-state index in [2.05, 4.69) is 26.2 Å². The van der Waals surface area contributed by atoms with Crippen LogP contribution in [0.4, 0.5) is 5.69 Å². The van der Waals surface area contributed by atoms with Crippen LogP contribution in [0.1, 0.15) is 31.7 Å². The number of rotatable bonds is 6. The number of nitrogens with zero attached hydrogens (tertiary/aromatic N) is 2. The molecule has 2 aliphatic rings. The van der Waals surface area contributed by atoms with Gasteiger partial charge in [0, 0.05) is 55.3 Å². The Hall–Kier alpha value is -2.34. The lowest BCUT2D eigenvalue weighted by atomic mass is 9.93. The van der Waals surface area contributed by atoms with Gasteiger partial charge in [0.25, 0.3) is 5.56 Å². The van der Waals surface area contributed by atoms with Crippen LogP contribution in [0.15, 0.2) is 29.2 Å². The second-order valence-electron chi connectivity index (χ2n) is 8.03. The van der Waals surface area contributed by atoms with Crippen LogP contribution in [0.5, 0.6) is 0 Å². The molecule has 1 aromatic heterocycles. The Morgan fingerprint density at radius 3 is 2.86 bits per heavy atom. The third-order valence-corrected chi connectivity index (χ3v) is 6.23. The summed E-state index contributed by atoms with van der Waals surface area (Å²) in [6, 6.07) is 6.10. The molecular weight excluding hydrogens is 352 g/mol. The Morgan fingerprint density at radius 2 is 2.07 bits per heavy atom. The van der Waals surface area contributed by atoms with Crippen molar-refractivity contribution >= 4 is 22.4 Å². The van der Waals surface area contributed by atoms with E-state index in [9.17, 15) is 9.59 Å². The molecule has 0 unspecified atom stereocenters. The van der Waals surface area contributed by atoms with Crippen molar-refractivity contribution in [2.24, 2.45) is 5.92 Å². The van der Waals surface area contributed by atoms with Crippen molar-refractivity contribution in [1.29, 1.82) is 0 Å².